The molecule has 1 saturated carbocycles. The Hall–Kier alpha value is -2.09. The van der Waals surface area contributed by atoms with E-state index in [0.717, 1.165) is 24.0 Å². The molecule has 2 N–H and O–H groups in total. The molecule has 25 heavy (non-hydrogen) atoms. The van der Waals surface area contributed by atoms with Gasteiger partial charge in [-0.05, 0) is 59.2 Å². The zero-order valence-corrected chi connectivity index (χ0v) is 14.6. The summed E-state index contributed by atoms with van der Waals surface area (Å²) in [5.74, 6) is 0.906. The minimum absolute atomic E-state index is 0.0265. The number of hydrogen-bond donors (Lipinski definition) is 2. The standard InChI is InChI=1S/C21H23NO3/c1-20-8-7-16-15-6-4-14(25-2)11-13(15)3-5-17(16)18(20)12-19(23)21(20,24)9-10-22/h3-6,11,18-19,23-24H,7-9,12H2,1-2H3/t18-,19+,20-,21-/m0/s1. The van der Waals surface area contributed by atoms with E-state index in [2.05, 4.69) is 24.3 Å². The third-order valence-electron chi connectivity index (χ3n) is 6.76. The largest absolute Gasteiger partial charge is 0.497 e. The molecule has 0 radical (unpaired) electrons. The first-order valence-corrected chi connectivity index (χ1v) is 8.81. The highest BCUT2D eigenvalue weighted by molar-refractivity contribution is 5.88. The number of aliphatic hydroxyl groups is 2. The van der Waals surface area contributed by atoms with E-state index in [4.69, 9.17) is 10.00 Å². The fourth-order valence-corrected chi connectivity index (χ4v) is 5.17. The third-order valence-corrected chi connectivity index (χ3v) is 6.76. The highest BCUT2D eigenvalue weighted by Crippen LogP contribution is 2.61. The van der Waals surface area contributed by atoms with Gasteiger partial charge in [0.2, 0.25) is 0 Å². The number of hydrogen-bond acceptors (Lipinski definition) is 4. The van der Waals surface area contributed by atoms with Gasteiger partial charge in [-0.15, -0.1) is 0 Å². The lowest BCUT2D eigenvalue weighted by atomic mass is 9.60. The van der Waals surface area contributed by atoms with Crippen molar-refractivity contribution in [3.8, 4) is 11.8 Å². The number of fused-ring (bicyclic) bond motifs is 5. The van der Waals surface area contributed by atoms with Crippen molar-refractivity contribution in [2.24, 2.45) is 5.41 Å². The molecule has 1 fully saturated rings. The number of ether oxygens (including phenoxy) is 1. The van der Waals surface area contributed by atoms with Crippen LogP contribution in [0.3, 0.4) is 0 Å². The first kappa shape index (κ1) is 16.4. The summed E-state index contributed by atoms with van der Waals surface area (Å²) in [5, 5.41) is 33.2. The van der Waals surface area contributed by atoms with Crippen LogP contribution < -0.4 is 4.74 Å². The minimum Gasteiger partial charge on any atom is -0.497 e. The molecule has 0 saturated heterocycles. The maximum atomic E-state index is 11.1. The van der Waals surface area contributed by atoms with Crippen LogP contribution in [0.15, 0.2) is 30.3 Å². The predicted octanol–water partition coefficient (Wildman–Crippen LogP) is 3.29. The van der Waals surface area contributed by atoms with Crippen molar-refractivity contribution >= 4 is 10.8 Å². The van der Waals surface area contributed by atoms with Gasteiger partial charge in [0, 0.05) is 5.41 Å². The van der Waals surface area contributed by atoms with Crippen LogP contribution in [0, 0.1) is 16.7 Å². The van der Waals surface area contributed by atoms with Crippen molar-refractivity contribution in [2.45, 2.75) is 50.2 Å². The van der Waals surface area contributed by atoms with Gasteiger partial charge in [0.15, 0.2) is 0 Å². The van der Waals surface area contributed by atoms with Crippen LogP contribution in [0.1, 0.15) is 43.2 Å². The molecule has 0 heterocycles. The smallest absolute Gasteiger partial charge is 0.119 e. The Morgan fingerprint density at radius 2 is 2.12 bits per heavy atom. The Kier molecular flexibility index (Phi) is 3.57. The monoisotopic (exact) mass is 337 g/mol. The quantitative estimate of drug-likeness (QED) is 0.882. The molecule has 2 aliphatic rings. The van der Waals surface area contributed by atoms with Crippen molar-refractivity contribution in [2.75, 3.05) is 7.11 Å². The summed E-state index contributed by atoms with van der Waals surface area (Å²) in [6, 6.07) is 12.4. The molecule has 0 aromatic heterocycles. The zero-order chi connectivity index (χ0) is 17.8. The van der Waals surface area contributed by atoms with Crippen molar-refractivity contribution in [3.05, 3.63) is 41.5 Å². The topological polar surface area (TPSA) is 73.5 Å². The Morgan fingerprint density at radius 3 is 2.84 bits per heavy atom. The van der Waals surface area contributed by atoms with Crippen LogP contribution in [0.25, 0.3) is 10.8 Å². The molecule has 4 rings (SSSR count). The van der Waals surface area contributed by atoms with Gasteiger partial charge in [-0.25, -0.2) is 0 Å². The molecule has 0 unspecified atom stereocenters. The Labute approximate surface area is 147 Å². The van der Waals surface area contributed by atoms with Crippen LogP contribution in [0.2, 0.25) is 0 Å². The summed E-state index contributed by atoms with van der Waals surface area (Å²) < 4.78 is 5.32. The maximum Gasteiger partial charge on any atom is 0.119 e. The van der Waals surface area contributed by atoms with Crippen molar-refractivity contribution < 1.29 is 14.9 Å². The highest BCUT2D eigenvalue weighted by Gasteiger charge is 2.62. The summed E-state index contributed by atoms with van der Waals surface area (Å²) in [6.45, 7) is 2.03. The first-order valence-electron chi connectivity index (χ1n) is 8.81. The second kappa shape index (κ2) is 5.45. The second-order valence-corrected chi connectivity index (χ2v) is 7.70. The molecule has 0 spiro atoms. The number of benzene rings is 2. The van der Waals surface area contributed by atoms with E-state index in [0.29, 0.717) is 6.42 Å². The lowest BCUT2D eigenvalue weighted by molar-refractivity contribution is -0.120. The van der Waals surface area contributed by atoms with Gasteiger partial charge in [0.05, 0.1) is 25.7 Å². The highest BCUT2D eigenvalue weighted by atomic mass is 16.5. The van der Waals surface area contributed by atoms with Crippen LogP contribution in [-0.2, 0) is 6.42 Å². The van der Waals surface area contributed by atoms with E-state index in [9.17, 15) is 10.2 Å². The number of aryl methyl sites for hydroxylation is 1. The molecular formula is C21H23NO3. The van der Waals surface area contributed by atoms with E-state index < -0.39 is 17.1 Å². The van der Waals surface area contributed by atoms with Crippen molar-refractivity contribution in [1.29, 1.82) is 5.26 Å². The Morgan fingerprint density at radius 1 is 1.32 bits per heavy atom. The van der Waals surface area contributed by atoms with E-state index in [1.807, 2.05) is 19.1 Å². The summed E-state index contributed by atoms with van der Waals surface area (Å²) in [4.78, 5) is 0. The predicted molar refractivity (Wildman–Crippen MR) is 95.5 cm³/mol. The molecule has 0 amide bonds. The van der Waals surface area contributed by atoms with E-state index in [-0.39, 0.29) is 12.3 Å². The van der Waals surface area contributed by atoms with Gasteiger partial charge in [-0.2, -0.15) is 5.26 Å². The molecule has 2 aromatic rings. The summed E-state index contributed by atoms with van der Waals surface area (Å²) in [7, 11) is 1.67. The molecule has 4 heteroatoms. The van der Waals surface area contributed by atoms with Crippen LogP contribution in [0.4, 0.5) is 0 Å². The minimum atomic E-state index is -1.33. The number of rotatable bonds is 2. The number of nitriles is 1. The van der Waals surface area contributed by atoms with E-state index in [1.165, 1.54) is 16.5 Å². The van der Waals surface area contributed by atoms with Crippen LogP contribution in [0.5, 0.6) is 5.75 Å². The van der Waals surface area contributed by atoms with Crippen LogP contribution in [-0.4, -0.2) is 29.0 Å². The Balaban J connectivity index is 1.86. The van der Waals surface area contributed by atoms with Gasteiger partial charge in [-0.3, -0.25) is 0 Å². The van der Waals surface area contributed by atoms with Gasteiger partial charge in [0.25, 0.3) is 0 Å². The van der Waals surface area contributed by atoms with Gasteiger partial charge >= 0.3 is 0 Å². The molecule has 4 nitrogen and oxygen atoms in total. The number of methoxy groups -OCH3 is 1. The van der Waals surface area contributed by atoms with Gasteiger partial charge in [0.1, 0.15) is 11.4 Å². The summed E-state index contributed by atoms with van der Waals surface area (Å²) in [5.41, 5.74) is 0.698. The molecule has 2 aromatic carbocycles. The third kappa shape index (κ3) is 2.06. The van der Waals surface area contributed by atoms with Crippen molar-refractivity contribution in [3.63, 3.8) is 0 Å². The average Bonchev–Trinajstić information content (AvgIpc) is 2.82. The van der Waals surface area contributed by atoms with Crippen LogP contribution >= 0.6 is 0 Å². The maximum absolute atomic E-state index is 11.1. The number of nitrogens with zero attached hydrogens (tertiary/aromatic N) is 1. The average molecular weight is 337 g/mol. The molecule has 0 aliphatic heterocycles. The summed E-state index contributed by atoms with van der Waals surface area (Å²) in [6.07, 6.45) is 1.22. The normalized spacial score (nSPS) is 33.6. The summed E-state index contributed by atoms with van der Waals surface area (Å²) >= 11 is 0. The lowest BCUT2D eigenvalue weighted by Crippen LogP contribution is -2.51. The molecule has 130 valence electrons. The SMILES string of the molecule is COc1ccc2c3c(ccc2c1)[C@@H]1C[C@@H](O)[C@@](O)(CC#N)[C@@]1(C)CC3. The van der Waals surface area contributed by atoms with Crippen molar-refractivity contribution in [1.82, 2.24) is 0 Å². The molecule has 2 aliphatic carbocycles. The van der Waals surface area contributed by atoms with E-state index in [1.54, 1.807) is 7.11 Å². The second-order valence-electron chi connectivity index (χ2n) is 7.70. The van der Waals surface area contributed by atoms with Gasteiger partial charge in [-0.1, -0.05) is 25.1 Å². The molecule has 4 atom stereocenters. The van der Waals surface area contributed by atoms with Gasteiger partial charge < -0.3 is 14.9 Å². The molecular weight excluding hydrogens is 314 g/mol. The number of aliphatic hydroxyl groups excluding tert-OH is 1. The molecule has 0 bridgehead atoms. The van der Waals surface area contributed by atoms with E-state index >= 15 is 0 Å². The Bertz CT molecular complexity index is 887. The fourth-order valence-electron chi connectivity index (χ4n) is 5.17. The lowest BCUT2D eigenvalue weighted by Gasteiger charge is -2.46. The zero-order valence-electron chi connectivity index (χ0n) is 14.6. The first-order chi connectivity index (χ1) is 11.9. The fraction of sp³-hybridized carbons (Fsp3) is 0.476.